The van der Waals surface area contributed by atoms with Crippen molar-refractivity contribution < 1.29 is 9.47 Å². The second kappa shape index (κ2) is 6.79. The van der Waals surface area contributed by atoms with Crippen LogP contribution < -0.4 is 4.74 Å². The molecule has 2 aromatic rings. The lowest BCUT2D eigenvalue weighted by atomic mass is 10.3. The van der Waals surface area contributed by atoms with Gasteiger partial charge in [0.05, 0.1) is 18.9 Å². The maximum atomic E-state index is 5.75. The Morgan fingerprint density at radius 1 is 1.24 bits per heavy atom. The van der Waals surface area contributed by atoms with Crippen molar-refractivity contribution in [3.05, 3.63) is 29.0 Å². The summed E-state index contributed by atoms with van der Waals surface area (Å²) >= 11 is 5.05. The molecule has 0 saturated carbocycles. The van der Waals surface area contributed by atoms with Crippen LogP contribution in [0.3, 0.4) is 0 Å². The molecule has 0 aliphatic carbocycles. The number of nitrogens with one attached hydrogen (secondary N) is 1. The number of hydrogen-bond acceptors (Lipinski definition) is 6. The lowest BCUT2D eigenvalue weighted by Gasteiger charge is -2.26. The van der Waals surface area contributed by atoms with Gasteiger partial charge in [0.1, 0.15) is 12.4 Å². The highest BCUT2D eigenvalue weighted by molar-refractivity contribution is 7.71. The SMILES string of the molecule is S=c1nn[nH]n1-c1ccc(OCCN2CCOCC2)cc1. The number of morpholine rings is 1. The normalized spacial score (nSPS) is 16.0. The van der Waals surface area contributed by atoms with E-state index in [-0.39, 0.29) is 0 Å². The molecule has 0 unspecified atom stereocenters. The van der Waals surface area contributed by atoms with Crippen LogP contribution >= 0.6 is 12.2 Å². The van der Waals surface area contributed by atoms with Crippen molar-refractivity contribution >= 4 is 12.2 Å². The number of benzene rings is 1. The average molecular weight is 307 g/mol. The zero-order valence-corrected chi connectivity index (χ0v) is 12.4. The molecule has 1 fully saturated rings. The highest BCUT2D eigenvalue weighted by Crippen LogP contribution is 2.14. The highest BCUT2D eigenvalue weighted by Gasteiger charge is 2.09. The van der Waals surface area contributed by atoms with Crippen LogP contribution in [0.2, 0.25) is 0 Å². The number of hydrogen-bond donors (Lipinski definition) is 1. The molecule has 21 heavy (non-hydrogen) atoms. The number of tetrazole rings is 1. The van der Waals surface area contributed by atoms with Gasteiger partial charge in [-0.3, -0.25) is 4.90 Å². The molecular weight excluding hydrogens is 290 g/mol. The van der Waals surface area contributed by atoms with Crippen molar-refractivity contribution in [3.8, 4) is 11.4 Å². The van der Waals surface area contributed by atoms with Crippen LogP contribution in [0.25, 0.3) is 5.69 Å². The van der Waals surface area contributed by atoms with Crippen LogP contribution in [0, 0.1) is 4.77 Å². The highest BCUT2D eigenvalue weighted by atomic mass is 32.1. The molecule has 0 radical (unpaired) electrons. The summed E-state index contributed by atoms with van der Waals surface area (Å²) in [6, 6.07) is 7.66. The predicted molar refractivity (Wildman–Crippen MR) is 79.3 cm³/mol. The van der Waals surface area contributed by atoms with E-state index >= 15 is 0 Å². The third kappa shape index (κ3) is 3.66. The largest absolute Gasteiger partial charge is 0.492 e. The molecule has 7 nitrogen and oxygen atoms in total. The van der Waals surface area contributed by atoms with Crippen LogP contribution in [0.15, 0.2) is 24.3 Å². The molecule has 1 saturated heterocycles. The lowest BCUT2D eigenvalue weighted by molar-refractivity contribution is 0.0322. The van der Waals surface area contributed by atoms with Gasteiger partial charge in [-0.05, 0) is 36.5 Å². The molecule has 8 heteroatoms. The zero-order chi connectivity index (χ0) is 14.5. The number of rotatable bonds is 5. The zero-order valence-electron chi connectivity index (χ0n) is 11.6. The first kappa shape index (κ1) is 14.2. The fourth-order valence-electron chi connectivity index (χ4n) is 2.17. The fraction of sp³-hybridized carbons (Fsp3) is 0.462. The first-order valence-electron chi connectivity index (χ1n) is 6.86. The summed E-state index contributed by atoms with van der Waals surface area (Å²) in [6.07, 6.45) is 0. The number of nitrogens with zero attached hydrogens (tertiary/aromatic N) is 4. The monoisotopic (exact) mass is 307 g/mol. The Morgan fingerprint density at radius 3 is 2.67 bits per heavy atom. The van der Waals surface area contributed by atoms with E-state index in [0.29, 0.717) is 11.4 Å². The van der Waals surface area contributed by atoms with Crippen molar-refractivity contribution in [2.75, 3.05) is 39.5 Å². The maximum Gasteiger partial charge on any atom is 0.242 e. The smallest absolute Gasteiger partial charge is 0.242 e. The summed E-state index contributed by atoms with van der Waals surface area (Å²) in [5.41, 5.74) is 0.880. The first-order chi connectivity index (χ1) is 10.3. The Hall–Kier alpha value is -1.77. The van der Waals surface area contributed by atoms with Crippen molar-refractivity contribution in [2.24, 2.45) is 0 Å². The number of H-pyrrole nitrogens is 1. The maximum absolute atomic E-state index is 5.75. The second-order valence-electron chi connectivity index (χ2n) is 4.71. The summed E-state index contributed by atoms with van der Waals surface area (Å²) in [5, 5.41) is 10.1. The molecule has 112 valence electrons. The van der Waals surface area contributed by atoms with Crippen molar-refractivity contribution in [1.29, 1.82) is 0 Å². The Labute approximate surface area is 127 Å². The van der Waals surface area contributed by atoms with Crippen molar-refractivity contribution in [3.63, 3.8) is 0 Å². The van der Waals surface area contributed by atoms with Crippen LogP contribution in [0.5, 0.6) is 5.75 Å². The summed E-state index contributed by atoms with van der Waals surface area (Å²) in [6.45, 7) is 5.17. The second-order valence-corrected chi connectivity index (χ2v) is 5.08. The van der Waals surface area contributed by atoms with E-state index in [0.717, 1.165) is 44.3 Å². The number of aromatic nitrogens is 4. The van der Waals surface area contributed by atoms with Crippen LogP contribution in [0.4, 0.5) is 0 Å². The minimum atomic E-state index is 0.399. The Balaban J connectivity index is 1.52. The van der Waals surface area contributed by atoms with Gasteiger partial charge in [0.25, 0.3) is 0 Å². The molecule has 1 aliphatic heterocycles. The number of aromatic amines is 1. The van der Waals surface area contributed by atoms with Crippen LogP contribution in [0.1, 0.15) is 0 Å². The van der Waals surface area contributed by atoms with Crippen LogP contribution in [-0.2, 0) is 4.74 Å². The van der Waals surface area contributed by atoms with Gasteiger partial charge in [0.15, 0.2) is 0 Å². The molecule has 2 heterocycles. The van der Waals surface area contributed by atoms with Gasteiger partial charge in [-0.15, -0.1) is 0 Å². The van der Waals surface area contributed by atoms with E-state index in [9.17, 15) is 0 Å². The molecule has 1 aromatic heterocycles. The lowest BCUT2D eigenvalue weighted by Crippen LogP contribution is -2.38. The summed E-state index contributed by atoms with van der Waals surface area (Å²) in [7, 11) is 0. The van der Waals surface area contributed by atoms with E-state index in [1.807, 2.05) is 24.3 Å². The average Bonchev–Trinajstić information content (AvgIpc) is 2.95. The van der Waals surface area contributed by atoms with Gasteiger partial charge in [-0.25, -0.2) is 4.68 Å². The molecule has 0 amide bonds. The van der Waals surface area contributed by atoms with Gasteiger partial charge in [-0.2, -0.15) is 5.21 Å². The molecular formula is C13H17N5O2S. The number of ether oxygens (including phenoxy) is 2. The van der Waals surface area contributed by atoms with E-state index < -0.39 is 0 Å². The Kier molecular flexibility index (Phi) is 4.59. The van der Waals surface area contributed by atoms with Gasteiger partial charge < -0.3 is 9.47 Å². The van der Waals surface area contributed by atoms with E-state index in [1.54, 1.807) is 4.68 Å². The molecule has 1 aliphatic rings. The van der Waals surface area contributed by atoms with E-state index in [2.05, 4.69) is 20.4 Å². The molecule has 0 spiro atoms. The summed E-state index contributed by atoms with van der Waals surface area (Å²) in [5.74, 6) is 0.839. The third-order valence-electron chi connectivity index (χ3n) is 3.35. The van der Waals surface area contributed by atoms with Crippen molar-refractivity contribution in [1.82, 2.24) is 25.1 Å². The van der Waals surface area contributed by atoms with Crippen LogP contribution in [-0.4, -0.2) is 64.6 Å². The standard InChI is InChI=1S/C13H17N5O2S/c21-13-14-15-16-18(13)11-1-3-12(4-2-11)20-10-7-17-5-8-19-9-6-17/h1-4H,5-10H2,(H,14,16,21). The van der Waals surface area contributed by atoms with Gasteiger partial charge >= 0.3 is 0 Å². The summed E-state index contributed by atoms with van der Waals surface area (Å²) < 4.78 is 13.1. The van der Waals surface area contributed by atoms with E-state index in [1.165, 1.54) is 0 Å². The Morgan fingerprint density at radius 2 is 2.00 bits per heavy atom. The molecule has 0 atom stereocenters. The molecule has 3 rings (SSSR count). The predicted octanol–water partition coefficient (Wildman–Crippen LogP) is 1.04. The van der Waals surface area contributed by atoms with Gasteiger partial charge in [0, 0.05) is 19.6 Å². The fourth-order valence-corrected chi connectivity index (χ4v) is 2.36. The van der Waals surface area contributed by atoms with E-state index in [4.69, 9.17) is 21.7 Å². The molecule has 1 N–H and O–H groups in total. The quantitative estimate of drug-likeness (QED) is 0.832. The van der Waals surface area contributed by atoms with Gasteiger partial charge in [0.2, 0.25) is 4.77 Å². The molecule has 0 bridgehead atoms. The minimum absolute atomic E-state index is 0.399. The van der Waals surface area contributed by atoms with Crippen molar-refractivity contribution in [2.45, 2.75) is 0 Å². The minimum Gasteiger partial charge on any atom is -0.492 e. The topological polar surface area (TPSA) is 68.2 Å². The third-order valence-corrected chi connectivity index (χ3v) is 3.61. The Bertz CT molecular complexity index is 618. The molecule has 1 aromatic carbocycles. The van der Waals surface area contributed by atoms with Gasteiger partial charge in [-0.1, -0.05) is 10.3 Å². The first-order valence-corrected chi connectivity index (χ1v) is 7.27. The summed E-state index contributed by atoms with van der Waals surface area (Å²) in [4.78, 5) is 2.34.